The quantitative estimate of drug-likeness (QED) is 0.0264. The van der Waals surface area contributed by atoms with Crippen LogP contribution in [-0.4, -0.2) is 0 Å². The van der Waals surface area contributed by atoms with Crippen LogP contribution in [0.5, 0.6) is 0 Å². The normalized spacial score (nSPS) is 11.8. The van der Waals surface area contributed by atoms with Gasteiger partial charge in [0.05, 0.1) is 0 Å². The Hall–Kier alpha value is -10.1. The van der Waals surface area contributed by atoms with Crippen molar-refractivity contribution in [1.29, 1.82) is 0 Å². The van der Waals surface area contributed by atoms with E-state index in [1.165, 1.54) is 392 Å². The molecule has 0 amide bonds. The lowest BCUT2D eigenvalue weighted by Gasteiger charge is -2.22. The van der Waals surface area contributed by atoms with E-state index in [9.17, 15) is 0 Å². The molecule has 0 atom stereocenters. The first kappa shape index (κ1) is 84.9. The van der Waals surface area contributed by atoms with E-state index in [0.29, 0.717) is 0 Å². The summed E-state index contributed by atoms with van der Waals surface area (Å²) >= 11 is 0. The molecule has 0 fully saturated rings. The Kier molecular flexibility index (Phi) is 30.3. The highest BCUT2D eigenvalue weighted by molar-refractivity contribution is 6.27. The van der Waals surface area contributed by atoms with E-state index in [1.54, 1.807) is 0 Å². The van der Waals surface area contributed by atoms with Crippen molar-refractivity contribution in [3.63, 3.8) is 0 Å². The largest absolute Gasteiger partial charge is 0.0654 e. The van der Waals surface area contributed by atoms with Crippen molar-refractivity contribution in [2.24, 2.45) is 0 Å². The first-order valence-corrected chi connectivity index (χ1v) is 47.8. The van der Waals surface area contributed by atoms with Crippen LogP contribution in [0.4, 0.5) is 0 Å². The summed E-state index contributed by atoms with van der Waals surface area (Å²) in [5.74, 6) is 0. The average molecular weight is 1580 g/mol. The maximum atomic E-state index is 2.61. The highest BCUT2D eigenvalue weighted by Gasteiger charge is 2.25. The van der Waals surface area contributed by atoms with Gasteiger partial charge in [0.25, 0.3) is 0 Å². The van der Waals surface area contributed by atoms with Crippen LogP contribution in [0.25, 0.3) is 154 Å². The van der Waals surface area contributed by atoms with Gasteiger partial charge < -0.3 is 0 Å². The van der Waals surface area contributed by atoms with Crippen LogP contribution in [0.3, 0.4) is 0 Å². The number of unbranched alkanes of at least 4 members (excludes halogenated alkanes) is 28. The minimum absolute atomic E-state index is 1.11. The van der Waals surface area contributed by atoms with Crippen LogP contribution in [-0.2, 0) is 25.7 Å². The number of aryl methyl sites for hydroxylation is 6. The van der Waals surface area contributed by atoms with Crippen LogP contribution in [0.15, 0.2) is 267 Å². The molecule has 0 bridgehead atoms. The fourth-order valence-electron chi connectivity index (χ4n) is 19.9. The van der Waals surface area contributed by atoms with Gasteiger partial charge in [0.1, 0.15) is 0 Å². The van der Waals surface area contributed by atoms with Crippen molar-refractivity contribution >= 4 is 64.6 Å². The van der Waals surface area contributed by atoms with Gasteiger partial charge in [-0.1, -0.05) is 467 Å². The Morgan fingerprint density at radius 3 is 0.633 bits per heavy atom. The summed E-state index contributed by atoms with van der Waals surface area (Å²) < 4.78 is 0. The van der Waals surface area contributed by atoms with Gasteiger partial charge in [-0.25, -0.2) is 0 Å². The molecule has 15 aromatic rings. The van der Waals surface area contributed by atoms with Crippen LogP contribution in [0.2, 0.25) is 0 Å². The van der Waals surface area contributed by atoms with Gasteiger partial charge in [0, 0.05) is 0 Å². The van der Waals surface area contributed by atoms with Crippen LogP contribution < -0.4 is 0 Å². The minimum atomic E-state index is 1.11. The molecule has 15 rings (SSSR count). The first-order chi connectivity index (χ1) is 59.2. The summed E-state index contributed by atoms with van der Waals surface area (Å²) in [6.45, 7) is 13.7. The molecule has 614 valence electrons. The Morgan fingerprint density at radius 1 is 0.142 bits per heavy atom. The second-order valence-corrected chi connectivity index (χ2v) is 35.8. The smallest absolute Gasteiger partial charge is 0.00259 e. The number of hydrogen-bond acceptors (Lipinski definition) is 0. The van der Waals surface area contributed by atoms with Gasteiger partial charge in [-0.2, -0.15) is 0 Å². The maximum Gasteiger partial charge on any atom is -0.00259 e. The van der Waals surface area contributed by atoms with Crippen LogP contribution in [0.1, 0.15) is 267 Å². The monoisotopic (exact) mass is 1580 g/mol. The van der Waals surface area contributed by atoms with Gasteiger partial charge >= 0.3 is 0 Å². The van der Waals surface area contributed by atoms with Gasteiger partial charge in [-0.05, 0) is 259 Å². The number of hydrogen-bond donors (Lipinski definition) is 0. The summed E-state index contributed by atoms with van der Waals surface area (Å²) in [4.78, 5) is 0. The number of rotatable bonds is 44. The summed E-state index contributed by atoms with van der Waals surface area (Å²) in [6, 6.07) is 106. The molecule has 0 aromatic heterocycles. The summed E-state index contributed by atoms with van der Waals surface area (Å²) in [6.07, 6.45) is 47.0. The molecule has 0 saturated carbocycles. The van der Waals surface area contributed by atoms with Crippen LogP contribution in [0, 0.1) is 13.8 Å². The molecule has 0 N–H and O–H groups in total. The Bertz CT molecular complexity index is 5810. The summed E-state index contributed by atoms with van der Waals surface area (Å²) in [5, 5.41) is 15.4. The zero-order chi connectivity index (χ0) is 82.2. The fourth-order valence-corrected chi connectivity index (χ4v) is 19.9. The molecular weight excluding hydrogens is 1440 g/mol. The van der Waals surface area contributed by atoms with E-state index in [0.717, 1.165) is 25.7 Å². The van der Waals surface area contributed by atoms with E-state index in [1.807, 2.05) is 0 Å². The molecule has 0 heterocycles. The van der Waals surface area contributed by atoms with Crippen molar-refractivity contribution in [3.8, 4) is 89.0 Å². The molecule has 0 aliphatic rings. The van der Waals surface area contributed by atoms with E-state index in [2.05, 4.69) is 308 Å². The van der Waals surface area contributed by atoms with E-state index in [4.69, 9.17) is 0 Å². The SMILES string of the molecule is CCCCCCCCCCc1ccc(-c2c3ccccc3c(-c3ccc(CCCCCCCCCC)cc3)c3cc(-c4c5ccc(-c6ccc(-c7ccc(C)cc7)cc6)cc5c(-c5ccc6c(-c7ccc(CCCCCCCCCC)cc7)c7ccccc7c(-c7ccc(CCCCCCCCCC)cc7)c6c5)c5ccc(C)cc45)ccc23)cc1. The standard InChI is InChI=1S/C120H134/c1-7-11-15-19-23-27-31-35-43-89-54-64-96(65-55-89)115-103-47-39-41-49-105(103)117(98-68-58-91(59-69-98)45-37-33-29-25-21-17-13-9-3)113-85-101(77-81-108(113)115)119-110-80-76-100(95-74-72-94(73-75-95)93-62-51-87(5)52-63-93)84-112(110)120(107-79-53-88(6)83-111(107)119)102-78-82-109-114(86-102)118(99-70-60-92(61-71-99)46-38-34-30-26-22-18-14-10-4)106-50-42-40-48-104(106)116(109)97-66-56-90(57-67-97)44-36-32-28-24-20-16-12-8-2/h39-42,47-86H,7-38,43-46H2,1-6H3. The second kappa shape index (κ2) is 42.9. The number of benzene rings is 15. The van der Waals surface area contributed by atoms with Crippen molar-refractivity contribution in [2.75, 3.05) is 0 Å². The molecule has 120 heavy (non-hydrogen) atoms. The molecule has 0 aliphatic carbocycles. The summed E-state index contributed by atoms with van der Waals surface area (Å²) in [5.41, 5.74) is 28.4. The second-order valence-electron chi connectivity index (χ2n) is 35.8. The van der Waals surface area contributed by atoms with Gasteiger partial charge in [-0.3, -0.25) is 0 Å². The first-order valence-electron chi connectivity index (χ1n) is 47.8. The highest BCUT2D eigenvalue weighted by Crippen LogP contribution is 2.52. The van der Waals surface area contributed by atoms with E-state index < -0.39 is 0 Å². The molecule has 0 spiro atoms. The summed E-state index contributed by atoms with van der Waals surface area (Å²) in [7, 11) is 0. The molecule has 0 saturated heterocycles. The van der Waals surface area contributed by atoms with Crippen LogP contribution >= 0.6 is 0 Å². The minimum Gasteiger partial charge on any atom is -0.0654 e. The van der Waals surface area contributed by atoms with Crippen molar-refractivity contribution in [2.45, 2.75) is 273 Å². The van der Waals surface area contributed by atoms with Crippen molar-refractivity contribution in [1.82, 2.24) is 0 Å². The van der Waals surface area contributed by atoms with Crippen molar-refractivity contribution in [3.05, 3.63) is 300 Å². The molecule has 15 aromatic carbocycles. The lowest BCUT2D eigenvalue weighted by molar-refractivity contribution is 0.575. The topological polar surface area (TPSA) is 0 Å². The molecule has 0 nitrogen and oxygen atoms in total. The number of fused-ring (bicyclic) bond motifs is 6. The predicted octanol–water partition coefficient (Wildman–Crippen LogP) is 37.3. The van der Waals surface area contributed by atoms with Crippen molar-refractivity contribution < 1.29 is 0 Å². The fraction of sp³-hybridized carbons (Fsp3) is 0.350. The zero-order valence-electron chi connectivity index (χ0n) is 73.9. The lowest BCUT2D eigenvalue weighted by Crippen LogP contribution is -1.96. The molecular formula is C120H134. The molecule has 0 unspecified atom stereocenters. The van der Waals surface area contributed by atoms with Gasteiger partial charge in [-0.15, -0.1) is 0 Å². The van der Waals surface area contributed by atoms with Gasteiger partial charge in [0.15, 0.2) is 0 Å². The third-order valence-electron chi connectivity index (χ3n) is 26.7. The average Bonchev–Trinajstić information content (AvgIpc) is 0.721. The third-order valence-corrected chi connectivity index (χ3v) is 26.7. The Balaban J connectivity index is 0.902. The lowest BCUT2D eigenvalue weighted by atomic mass is 9.81. The Morgan fingerprint density at radius 2 is 0.333 bits per heavy atom. The van der Waals surface area contributed by atoms with E-state index >= 15 is 0 Å². The zero-order valence-corrected chi connectivity index (χ0v) is 73.9. The predicted molar refractivity (Wildman–Crippen MR) is 530 cm³/mol. The van der Waals surface area contributed by atoms with Gasteiger partial charge in [0.2, 0.25) is 0 Å². The molecule has 0 radical (unpaired) electrons. The Labute approximate surface area is 721 Å². The molecule has 0 aliphatic heterocycles. The third kappa shape index (κ3) is 20.7. The van der Waals surface area contributed by atoms with E-state index in [-0.39, 0.29) is 0 Å². The maximum absolute atomic E-state index is 2.61. The highest BCUT2D eigenvalue weighted by atomic mass is 14.3. The molecule has 0 heteroatoms.